The first kappa shape index (κ1) is 16.7. The van der Waals surface area contributed by atoms with E-state index in [9.17, 15) is 13.2 Å². The minimum atomic E-state index is -4.78. The normalized spacial score (nSPS) is 11.2. The van der Waals surface area contributed by atoms with Crippen molar-refractivity contribution in [3.63, 3.8) is 0 Å². The first-order valence-electron chi connectivity index (χ1n) is 6.86. The fourth-order valence-electron chi connectivity index (χ4n) is 2.05. The number of ether oxygens (including phenoxy) is 2. The highest BCUT2D eigenvalue weighted by Gasteiger charge is 2.32. The number of nitrogens with zero attached hydrogens (tertiary/aromatic N) is 1. The third-order valence-corrected chi connectivity index (χ3v) is 2.89. The van der Waals surface area contributed by atoms with Gasteiger partial charge in [0.2, 0.25) is 0 Å². The molecule has 0 saturated heterocycles. The fourth-order valence-corrected chi connectivity index (χ4v) is 2.05. The van der Waals surface area contributed by atoms with Gasteiger partial charge < -0.3 is 9.47 Å². The monoisotopic (exact) mass is 321 g/mol. The van der Waals surface area contributed by atoms with Crippen LogP contribution >= 0.6 is 0 Å². The number of hydrogen-bond acceptors (Lipinski definition) is 3. The molecule has 0 aliphatic heterocycles. The average Bonchev–Trinajstić information content (AvgIpc) is 2.45. The molecule has 0 spiro atoms. The van der Waals surface area contributed by atoms with Crippen LogP contribution in [0.5, 0.6) is 11.5 Å². The molecule has 0 aliphatic rings. The number of para-hydroxylation sites is 1. The Balaban J connectivity index is 2.49. The van der Waals surface area contributed by atoms with Crippen LogP contribution in [-0.2, 0) is 0 Å². The number of halogens is 3. The van der Waals surface area contributed by atoms with Crippen molar-refractivity contribution < 1.29 is 22.6 Å². The van der Waals surface area contributed by atoms with Gasteiger partial charge in [-0.15, -0.1) is 13.2 Å². The summed E-state index contributed by atoms with van der Waals surface area (Å²) < 4.78 is 47.2. The van der Waals surface area contributed by atoms with Crippen LogP contribution in [0, 0.1) is 11.3 Å². The van der Waals surface area contributed by atoms with E-state index in [1.807, 2.05) is 6.07 Å². The molecule has 6 heteroatoms. The molecule has 0 N–H and O–H groups in total. The summed E-state index contributed by atoms with van der Waals surface area (Å²) in [5.74, 6) is 0.0158. The van der Waals surface area contributed by atoms with E-state index in [0.29, 0.717) is 16.9 Å². The van der Waals surface area contributed by atoms with Gasteiger partial charge in [-0.2, -0.15) is 5.26 Å². The maximum Gasteiger partial charge on any atom is 0.573 e. The van der Waals surface area contributed by atoms with Crippen molar-refractivity contribution >= 4 is 0 Å². The maximum atomic E-state index is 12.5. The Morgan fingerprint density at radius 1 is 1.04 bits per heavy atom. The van der Waals surface area contributed by atoms with Gasteiger partial charge >= 0.3 is 6.36 Å². The molecule has 0 saturated carbocycles. The highest BCUT2D eigenvalue weighted by molar-refractivity contribution is 5.72. The molecule has 0 amide bonds. The van der Waals surface area contributed by atoms with E-state index in [1.165, 1.54) is 30.3 Å². The van der Waals surface area contributed by atoms with Gasteiger partial charge in [-0.25, -0.2) is 0 Å². The van der Waals surface area contributed by atoms with Gasteiger partial charge in [0.1, 0.15) is 17.6 Å². The fraction of sp³-hybridized carbons (Fsp3) is 0.235. The second-order valence-corrected chi connectivity index (χ2v) is 5.03. The smallest absolute Gasteiger partial charge is 0.490 e. The molecule has 2 aromatic carbocycles. The zero-order valence-corrected chi connectivity index (χ0v) is 12.5. The lowest BCUT2D eigenvalue weighted by Crippen LogP contribution is -2.17. The number of benzene rings is 2. The van der Waals surface area contributed by atoms with Gasteiger partial charge in [-0.3, -0.25) is 0 Å². The Labute approximate surface area is 131 Å². The topological polar surface area (TPSA) is 42.2 Å². The average molecular weight is 321 g/mol. The highest BCUT2D eigenvalue weighted by atomic mass is 19.4. The summed E-state index contributed by atoms with van der Waals surface area (Å²) in [5, 5.41) is 9.10. The molecule has 0 atom stereocenters. The minimum Gasteiger partial charge on any atom is -0.490 e. The lowest BCUT2D eigenvalue weighted by atomic mass is 10.0. The van der Waals surface area contributed by atoms with Crippen LogP contribution in [0.4, 0.5) is 13.2 Å². The first-order chi connectivity index (χ1) is 10.8. The van der Waals surface area contributed by atoms with Gasteiger partial charge in [0.15, 0.2) is 0 Å². The molecule has 2 rings (SSSR count). The molecular formula is C17H14F3NO2. The van der Waals surface area contributed by atoms with E-state index < -0.39 is 6.36 Å². The van der Waals surface area contributed by atoms with Crippen molar-refractivity contribution in [2.45, 2.75) is 26.3 Å². The third kappa shape index (κ3) is 4.39. The number of nitriles is 1. The summed E-state index contributed by atoms with van der Waals surface area (Å²) in [6.07, 6.45) is -4.95. The molecule has 2 aromatic rings. The van der Waals surface area contributed by atoms with Gasteiger partial charge in [-0.1, -0.05) is 24.3 Å². The van der Waals surface area contributed by atoms with Gasteiger partial charge in [-0.05, 0) is 37.6 Å². The zero-order chi connectivity index (χ0) is 17.0. The Bertz CT molecular complexity index is 733. The Hall–Kier alpha value is -2.68. The van der Waals surface area contributed by atoms with Crippen molar-refractivity contribution in [2.24, 2.45) is 0 Å². The molecule has 0 heterocycles. The van der Waals surface area contributed by atoms with E-state index in [4.69, 9.17) is 10.00 Å². The molecule has 0 aliphatic carbocycles. The molecular weight excluding hydrogens is 307 g/mol. The van der Waals surface area contributed by atoms with Crippen molar-refractivity contribution in [3.05, 3.63) is 48.0 Å². The summed E-state index contributed by atoms with van der Waals surface area (Å²) >= 11 is 0. The molecule has 0 unspecified atom stereocenters. The summed E-state index contributed by atoms with van der Waals surface area (Å²) in [6.45, 7) is 3.60. The minimum absolute atomic E-state index is 0.168. The number of alkyl halides is 3. The van der Waals surface area contributed by atoms with Crippen LogP contribution in [0.15, 0.2) is 42.5 Å². The predicted octanol–water partition coefficient (Wildman–Crippen LogP) is 4.91. The van der Waals surface area contributed by atoms with E-state index in [-0.39, 0.29) is 17.4 Å². The largest absolute Gasteiger partial charge is 0.573 e. The van der Waals surface area contributed by atoms with Crippen molar-refractivity contribution in [2.75, 3.05) is 0 Å². The van der Waals surface area contributed by atoms with Crippen molar-refractivity contribution in [3.8, 4) is 28.7 Å². The molecule has 120 valence electrons. The molecule has 0 aromatic heterocycles. The number of rotatable bonds is 4. The van der Waals surface area contributed by atoms with E-state index >= 15 is 0 Å². The van der Waals surface area contributed by atoms with E-state index in [1.54, 1.807) is 26.0 Å². The van der Waals surface area contributed by atoms with Crippen LogP contribution in [0.1, 0.15) is 19.4 Å². The van der Waals surface area contributed by atoms with Crippen molar-refractivity contribution in [1.82, 2.24) is 0 Å². The Morgan fingerprint density at radius 2 is 1.74 bits per heavy atom. The molecule has 0 bridgehead atoms. The molecule has 0 radical (unpaired) electrons. The second-order valence-electron chi connectivity index (χ2n) is 5.03. The summed E-state index contributed by atoms with van der Waals surface area (Å²) in [4.78, 5) is 0. The quantitative estimate of drug-likeness (QED) is 0.803. The van der Waals surface area contributed by atoms with Crippen LogP contribution in [-0.4, -0.2) is 12.5 Å². The van der Waals surface area contributed by atoms with Crippen molar-refractivity contribution in [1.29, 1.82) is 5.26 Å². The molecule has 23 heavy (non-hydrogen) atoms. The lowest BCUT2D eigenvalue weighted by molar-refractivity contribution is -0.274. The summed E-state index contributed by atoms with van der Waals surface area (Å²) in [7, 11) is 0. The van der Waals surface area contributed by atoms with Crippen LogP contribution < -0.4 is 9.47 Å². The Kier molecular flexibility index (Phi) is 4.80. The Morgan fingerprint density at radius 3 is 2.35 bits per heavy atom. The van der Waals surface area contributed by atoms with Crippen LogP contribution in [0.25, 0.3) is 11.1 Å². The first-order valence-corrected chi connectivity index (χ1v) is 6.86. The predicted molar refractivity (Wildman–Crippen MR) is 79.0 cm³/mol. The van der Waals surface area contributed by atoms with Gasteiger partial charge in [0.05, 0.1) is 11.7 Å². The molecule has 3 nitrogen and oxygen atoms in total. The van der Waals surface area contributed by atoms with Gasteiger partial charge in [0.25, 0.3) is 0 Å². The summed E-state index contributed by atoms with van der Waals surface area (Å²) in [6, 6.07) is 12.4. The maximum absolute atomic E-state index is 12.5. The SMILES string of the molecule is CC(C)Oc1cc(-c2ccccc2OC(F)(F)F)ccc1C#N. The number of hydrogen-bond donors (Lipinski definition) is 0. The summed E-state index contributed by atoms with van der Waals surface area (Å²) in [5.41, 5.74) is 1.05. The zero-order valence-electron chi connectivity index (χ0n) is 12.5. The second kappa shape index (κ2) is 6.61. The lowest BCUT2D eigenvalue weighted by Gasteiger charge is -2.15. The van der Waals surface area contributed by atoms with Crippen LogP contribution in [0.2, 0.25) is 0 Å². The van der Waals surface area contributed by atoms with Crippen LogP contribution in [0.3, 0.4) is 0 Å². The van der Waals surface area contributed by atoms with E-state index in [2.05, 4.69) is 4.74 Å². The standard InChI is InChI=1S/C17H14F3NO2/c1-11(2)22-16-9-12(7-8-13(16)10-21)14-5-3-4-6-15(14)23-17(18,19)20/h3-9,11H,1-2H3. The molecule has 0 fully saturated rings. The highest BCUT2D eigenvalue weighted by Crippen LogP contribution is 2.36. The third-order valence-electron chi connectivity index (χ3n) is 2.89. The van der Waals surface area contributed by atoms with E-state index in [0.717, 1.165) is 0 Å². The van der Waals surface area contributed by atoms with Gasteiger partial charge in [0, 0.05) is 5.56 Å².